The molecule has 0 aromatic heterocycles. The minimum atomic E-state index is -3.97. The van der Waals surface area contributed by atoms with Gasteiger partial charge in [0.25, 0.3) is 0 Å². The number of Topliss-reactive ketones (excluding diaryl/α,β-unsaturated/α-hetero) is 1. The van der Waals surface area contributed by atoms with Crippen LogP contribution in [-0.2, 0) is 21.3 Å². The van der Waals surface area contributed by atoms with Crippen LogP contribution in [-0.4, -0.2) is 14.2 Å². The van der Waals surface area contributed by atoms with E-state index in [0.717, 1.165) is 5.56 Å². The fourth-order valence-corrected chi connectivity index (χ4v) is 3.28. The van der Waals surface area contributed by atoms with Crippen molar-refractivity contribution in [3.8, 4) is 5.75 Å². The lowest BCUT2D eigenvalue weighted by molar-refractivity contribution is -0.116. The summed E-state index contributed by atoms with van der Waals surface area (Å²) in [7, 11) is -3.97. The van der Waals surface area contributed by atoms with E-state index in [4.69, 9.17) is 15.8 Å². The van der Waals surface area contributed by atoms with Gasteiger partial charge in [0.15, 0.2) is 0 Å². The zero-order valence-electron chi connectivity index (χ0n) is 12.0. The molecule has 0 amide bonds. The van der Waals surface area contributed by atoms with E-state index >= 15 is 0 Å². The van der Waals surface area contributed by atoms with Gasteiger partial charge in [-0.15, -0.1) is 0 Å². The monoisotopic (exact) mass is 338 g/mol. The maximum absolute atomic E-state index is 12.2. The maximum atomic E-state index is 12.2. The van der Waals surface area contributed by atoms with E-state index in [-0.39, 0.29) is 21.5 Å². The van der Waals surface area contributed by atoms with Crippen LogP contribution in [0.25, 0.3) is 0 Å². The Kier molecular flexibility index (Phi) is 5.21. The van der Waals surface area contributed by atoms with Crippen LogP contribution in [0.2, 0.25) is 5.02 Å². The molecule has 0 heterocycles. The Balaban J connectivity index is 2.13. The first-order valence-electron chi connectivity index (χ1n) is 6.66. The summed E-state index contributed by atoms with van der Waals surface area (Å²) in [5, 5.41) is 0.112. The van der Waals surface area contributed by atoms with E-state index in [1.807, 2.05) is 0 Å². The Labute approximate surface area is 134 Å². The SMILES string of the molecule is CC(=O)CCc1ccc(OS(=O)(=O)c2ccccc2Cl)cc1. The molecular formula is C16H15ClO4S. The first-order chi connectivity index (χ1) is 10.4. The van der Waals surface area contributed by atoms with Gasteiger partial charge in [0.05, 0.1) is 5.02 Å². The van der Waals surface area contributed by atoms with Gasteiger partial charge in [0, 0.05) is 6.42 Å². The summed E-state index contributed by atoms with van der Waals surface area (Å²) in [6.07, 6.45) is 1.07. The predicted molar refractivity (Wildman–Crippen MR) is 84.7 cm³/mol. The number of carbonyl (C=O) groups excluding carboxylic acids is 1. The molecule has 2 aromatic rings. The average molecular weight is 339 g/mol. The Hall–Kier alpha value is -1.85. The largest absolute Gasteiger partial charge is 0.379 e. The molecule has 2 rings (SSSR count). The third-order valence-corrected chi connectivity index (χ3v) is 4.75. The third kappa shape index (κ3) is 4.32. The molecule has 0 bridgehead atoms. The summed E-state index contributed by atoms with van der Waals surface area (Å²) in [4.78, 5) is 10.9. The number of rotatable bonds is 6. The average Bonchev–Trinajstić information content (AvgIpc) is 2.46. The van der Waals surface area contributed by atoms with E-state index in [1.165, 1.54) is 19.1 Å². The zero-order valence-corrected chi connectivity index (χ0v) is 13.5. The number of aryl methyl sites for hydroxylation is 1. The number of ketones is 1. The van der Waals surface area contributed by atoms with Crippen LogP contribution >= 0.6 is 11.6 Å². The Morgan fingerprint density at radius 2 is 1.73 bits per heavy atom. The van der Waals surface area contributed by atoms with Gasteiger partial charge in [-0.1, -0.05) is 35.9 Å². The fourth-order valence-electron chi connectivity index (χ4n) is 1.85. The molecule has 0 saturated carbocycles. The number of carbonyl (C=O) groups is 1. The number of halogens is 1. The summed E-state index contributed by atoms with van der Waals surface area (Å²) in [5.74, 6) is 0.313. The van der Waals surface area contributed by atoms with Gasteiger partial charge in [-0.25, -0.2) is 0 Å². The van der Waals surface area contributed by atoms with E-state index in [0.29, 0.717) is 12.8 Å². The van der Waals surface area contributed by atoms with Gasteiger partial charge in [-0.3, -0.25) is 0 Å². The highest BCUT2D eigenvalue weighted by molar-refractivity contribution is 7.87. The molecule has 0 aliphatic carbocycles. The smallest absolute Gasteiger partial charge is 0.340 e. The van der Waals surface area contributed by atoms with Crippen LogP contribution in [0.1, 0.15) is 18.9 Å². The van der Waals surface area contributed by atoms with Crippen LogP contribution in [0.4, 0.5) is 0 Å². The predicted octanol–water partition coefficient (Wildman–Crippen LogP) is 3.63. The molecule has 2 aromatic carbocycles. The molecule has 0 radical (unpaired) electrons. The molecule has 6 heteroatoms. The topological polar surface area (TPSA) is 60.4 Å². The number of benzene rings is 2. The highest BCUT2D eigenvalue weighted by Gasteiger charge is 2.19. The van der Waals surface area contributed by atoms with Gasteiger partial charge in [-0.2, -0.15) is 8.42 Å². The van der Waals surface area contributed by atoms with Gasteiger partial charge < -0.3 is 8.98 Å². The van der Waals surface area contributed by atoms with E-state index in [9.17, 15) is 13.2 Å². The first kappa shape index (κ1) is 16.5. The van der Waals surface area contributed by atoms with Crippen LogP contribution in [0.3, 0.4) is 0 Å². The highest BCUT2D eigenvalue weighted by Crippen LogP contribution is 2.25. The summed E-state index contributed by atoms with van der Waals surface area (Å²) in [5.41, 5.74) is 0.942. The lowest BCUT2D eigenvalue weighted by Gasteiger charge is -2.08. The molecule has 0 spiro atoms. The van der Waals surface area contributed by atoms with Crippen molar-refractivity contribution in [2.75, 3.05) is 0 Å². The molecule has 0 N–H and O–H groups in total. The summed E-state index contributed by atoms with van der Waals surface area (Å²) < 4.78 is 29.4. The summed E-state index contributed by atoms with van der Waals surface area (Å²) in [6, 6.07) is 12.7. The third-order valence-electron chi connectivity index (χ3n) is 3.00. The lowest BCUT2D eigenvalue weighted by Crippen LogP contribution is -2.10. The Morgan fingerprint density at radius 1 is 1.09 bits per heavy atom. The molecule has 4 nitrogen and oxygen atoms in total. The van der Waals surface area contributed by atoms with E-state index < -0.39 is 10.1 Å². The number of hydrogen-bond acceptors (Lipinski definition) is 4. The van der Waals surface area contributed by atoms with Crippen molar-refractivity contribution >= 4 is 27.5 Å². The summed E-state index contributed by atoms with van der Waals surface area (Å²) >= 11 is 5.88. The van der Waals surface area contributed by atoms with Crippen LogP contribution < -0.4 is 4.18 Å². The van der Waals surface area contributed by atoms with Crippen molar-refractivity contribution in [3.05, 3.63) is 59.1 Å². The van der Waals surface area contributed by atoms with Crippen molar-refractivity contribution in [1.82, 2.24) is 0 Å². The minimum Gasteiger partial charge on any atom is -0.379 e. The molecule has 0 aliphatic rings. The fraction of sp³-hybridized carbons (Fsp3) is 0.188. The van der Waals surface area contributed by atoms with Gasteiger partial charge in [0.2, 0.25) is 0 Å². The molecule has 0 unspecified atom stereocenters. The van der Waals surface area contributed by atoms with Crippen molar-refractivity contribution in [3.63, 3.8) is 0 Å². The van der Waals surface area contributed by atoms with Crippen molar-refractivity contribution in [2.45, 2.75) is 24.7 Å². The van der Waals surface area contributed by atoms with E-state index in [2.05, 4.69) is 0 Å². The number of hydrogen-bond donors (Lipinski definition) is 0. The van der Waals surface area contributed by atoms with Crippen LogP contribution in [0.5, 0.6) is 5.75 Å². The Morgan fingerprint density at radius 3 is 2.32 bits per heavy atom. The molecule has 0 atom stereocenters. The van der Waals surface area contributed by atoms with Crippen LogP contribution in [0.15, 0.2) is 53.4 Å². The zero-order chi connectivity index (χ0) is 16.2. The molecule has 116 valence electrons. The summed E-state index contributed by atoms with van der Waals surface area (Å²) in [6.45, 7) is 1.54. The standard InChI is InChI=1S/C16H15ClO4S/c1-12(18)6-7-13-8-10-14(11-9-13)21-22(19,20)16-5-3-2-4-15(16)17/h2-5,8-11H,6-7H2,1H3. The lowest BCUT2D eigenvalue weighted by atomic mass is 10.1. The molecule has 0 fully saturated rings. The second-order valence-corrected chi connectivity index (χ2v) is 6.74. The second-order valence-electron chi connectivity index (χ2n) is 4.81. The minimum absolute atomic E-state index is 0.0719. The van der Waals surface area contributed by atoms with Gasteiger partial charge in [-0.05, 0) is 43.2 Å². The van der Waals surface area contributed by atoms with Crippen molar-refractivity contribution in [2.24, 2.45) is 0 Å². The normalized spacial score (nSPS) is 11.2. The maximum Gasteiger partial charge on any atom is 0.340 e. The van der Waals surface area contributed by atoms with Crippen LogP contribution in [0, 0.1) is 0 Å². The quantitative estimate of drug-likeness (QED) is 0.755. The molecular weight excluding hydrogens is 324 g/mol. The van der Waals surface area contributed by atoms with E-state index in [1.54, 1.807) is 36.4 Å². The van der Waals surface area contributed by atoms with Gasteiger partial charge >= 0.3 is 10.1 Å². The van der Waals surface area contributed by atoms with Gasteiger partial charge in [0.1, 0.15) is 16.4 Å². The first-order valence-corrected chi connectivity index (χ1v) is 8.44. The molecule has 22 heavy (non-hydrogen) atoms. The molecule has 0 aliphatic heterocycles. The second kappa shape index (κ2) is 6.94. The van der Waals surface area contributed by atoms with Crippen molar-refractivity contribution < 1.29 is 17.4 Å². The highest BCUT2D eigenvalue weighted by atomic mass is 35.5. The molecule has 0 saturated heterocycles. The Bertz CT molecular complexity index is 767. The van der Waals surface area contributed by atoms with Crippen molar-refractivity contribution in [1.29, 1.82) is 0 Å².